The van der Waals surface area contributed by atoms with Crippen LogP contribution in [0.3, 0.4) is 0 Å². The smallest absolute Gasteiger partial charge is 0.313 e. The van der Waals surface area contributed by atoms with Crippen LogP contribution < -0.4 is 22.1 Å². The summed E-state index contributed by atoms with van der Waals surface area (Å²) >= 11 is 0. The molecular formula is C8H10F3N5O. The summed E-state index contributed by atoms with van der Waals surface area (Å²) in [6.07, 6.45) is -4.30. The number of hydrogen-bond donors (Lipinski definition) is 3. The maximum Gasteiger partial charge on any atom is 0.433 e. The van der Waals surface area contributed by atoms with Crippen LogP contribution in [-0.2, 0) is 6.18 Å². The van der Waals surface area contributed by atoms with Crippen molar-refractivity contribution >= 4 is 0 Å². The van der Waals surface area contributed by atoms with E-state index in [0.717, 1.165) is 10.9 Å². The van der Waals surface area contributed by atoms with Gasteiger partial charge in [0, 0.05) is 12.6 Å². The predicted octanol–water partition coefficient (Wildman–Crippen LogP) is -0.804. The predicted molar refractivity (Wildman–Crippen MR) is 51.6 cm³/mol. The first-order chi connectivity index (χ1) is 7.89. The van der Waals surface area contributed by atoms with Crippen molar-refractivity contribution in [3.05, 3.63) is 28.4 Å². The Morgan fingerprint density at radius 3 is 2.71 bits per heavy atom. The van der Waals surface area contributed by atoms with E-state index in [2.05, 4.69) is 15.8 Å². The zero-order chi connectivity index (χ0) is 12.6. The maximum absolute atomic E-state index is 12.3. The molecule has 0 amide bonds. The fourth-order valence-electron chi connectivity index (χ4n) is 1.59. The molecule has 2 unspecified atom stereocenters. The number of nitrogens with two attached hydrogens (primary N) is 1. The van der Waals surface area contributed by atoms with Crippen molar-refractivity contribution in [1.29, 1.82) is 0 Å². The fraction of sp³-hybridized carbons (Fsp3) is 0.500. The van der Waals surface area contributed by atoms with Gasteiger partial charge >= 0.3 is 6.18 Å². The van der Waals surface area contributed by atoms with Gasteiger partial charge in [-0.2, -0.15) is 13.2 Å². The molecule has 0 spiro atoms. The second-order valence-corrected chi connectivity index (χ2v) is 3.64. The summed E-state index contributed by atoms with van der Waals surface area (Å²) in [6, 6.07) is 0.00248. The van der Waals surface area contributed by atoms with Gasteiger partial charge in [-0.05, 0) is 0 Å². The normalized spacial score (nSPS) is 25.2. The first kappa shape index (κ1) is 12.0. The van der Waals surface area contributed by atoms with Crippen molar-refractivity contribution < 1.29 is 13.2 Å². The monoisotopic (exact) mass is 249 g/mol. The van der Waals surface area contributed by atoms with Gasteiger partial charge in [-0.3, -0.25) is 14.8 Å². The lowest BCUT2D eigenvalue weighted by atomic mass is 10.2. The molecule has 0 aliphatic carbocycles. The zero-order valence-electron chi connectivity index (χ0n) is 8.53. The first-order valence-corrected chi connectivity index (χ1v) is 4.79. The van der Waals surface area contributed by atoms with Gasteiger partial charge in [0.2, 0.25) is 0 Å². The Balaban J connectivity index is 2.35. The third kappa shape index (κ3) is 2.30. The lowest BCUT2D eigenvalue weighted by molar-refractivity contribution is -0.141. The Morgan fingerprint density at radius 1 is 1.53 bits per heavy atom. The van der Waals surface area contributed by atoms with Gasteiger partial charge in [0.15, 0.2) is 5.69 Å². The van der Waals surface area contributed by atoms with E-state index in [4.69, 9.17) is 5.73 Å². The number of rotatable bonds is 1. The number of alkyl halides is 3. The molecule has 1 saturated heterocycles. The Morgan fingerprint density at radius 2 is 2.24 bits per heavy atom. The van der Waals surface area contributed by atoms with Gasteiger partial charge < -0.3 is 5.73 Å². The highest BCUT2D eigenvalue weighted by Gasteiger charge is 2.34. The molecule has 1 aliphatic rings. The molecule has 1 aromatic heterocycles. The fourth-order valence-corrected chi connectivity index (χ4v) is 1.59. The van der Waals surface area contributed by atoms with Crippen molar-refractivity contribution in [2.24, 2.45) is 5.73 Å². The van der Waals surface area contributed by atoms with Crippen molar-refractivity contribution in [1.82, 2.24) is 20.4 Å². The van der Waals surface area contributed by atoms with E-state index in [1.807, 2.05) is 0 Å². The van der Waals surface area contributed by atoms with E-state index < -0.39 is 29.6 Å². The number of aromatic nitrogens is 2. The molecule has 1 fully saturated rings. The van der Waals surface area contributed by atoms with Gasteiger partial charge in [-0.1, -0.05) is 0 Å². The molecule has 2 rings (SSSR count). The topological polar surface area (TPSA) is 85.0 Å². The van der Waals surface area contributed by atoms with Gasteiger partial charge in [0.25, 0.3) is 5.56 Å². The summed E-state index contributed by atoms with van der Waals surface area (Å²) in [5, 5.41) is 0. The van der Waals surface area contributed by atoms with Crippen LogP contribution in [0.25, 0.3) is 0 Å². The number of hydrazine groups is 1. The molecule has 2 atom stereocenters. The van der Waals surface area contributed by atoms with E-state index in [9.17, 15) is 18.0 Å². The lowest BCUT2D eigenvalue weighted by Gasteiger charge is -2.16. The zero-order valence-corrected chi connectivity index (χ0v) is 8.53. The van der Waals surface area contributed by atoms with Crippen LogP contribution in [0.4, 0.5) is 13.2 Å². The molecule has 0 radical (unpaired) electrons. The standard InChI is InChI=1S/C8H10F3N5O/c9-8(10,11)5-1-6(17)16(3-13-5)4-2-14-15-7(4)12/h1,3-4,7,14-15H,2,12H2. The average Bonchev–Trinajstić information content (AvgIpc) is 2.63. The highest BCUT2D eigenvalue weighted by Crippen LogP contribution is 2.26. The van der Waals surface area contributed by atoms with Crippen molar-refractivity contribution in [2.45, 2.75) is 18.4 Å². The van der Waals surface area contributed by atoms with Crippen molar-refractivity contribution in [2.75, 3.05) is 6.54 Å². The van der Waals surface area contributed by atoms with Crippen molar-refractivity contribution in [3.63, 3.8) is 0 Å². The minimum Gasteiger partial charge on any atom is -0.313 e. The SMILES string of the molecule is NC1NNCC1n1cnc(C(F)(F)F)cc1=O. The van der Waals surface area contributed by atoms with Gasteiger partial charge in [0.05, 0.1) is 18.5 Å². The van der Waals surface area contributed by atoms with E-state index in [0.29, 0.717) is 12.6 Å². The molecule has 0 aromatic carbocycles. The molecule has 0 bridgehead atoms. The molecule has 94 valence electrons. The highest BCUT2D eigenvalue weighted by atomic mass is 19.4. The minimum atomic E-state index is -4.62. The first-order valence-electron chi connectivity index (χ1n) is 4.79. The Labute approximate surface area is 93.6 Å². The molecule has 6 nitrogen and oxygen atoms in total. The summed E-state index contributed by atoms with van der Waals surface area (Å²) in [5.74, 6) is 0. The Kier molecular flexibility index (Phi) is 2.89. The summed E-state index contributed by atoms with van der Waals surface area (Å²) < 4.78 is 38.0. The number of hydrogen-bond acceptors (Lipinski definition) is 5. The van der Waals surface area contributed by atoms with Crippen LogP contribution in [0.5, 0.6) is 0 Å². The van der Waals surface area contributed by atoms with Gasteiger partial charge in [-0.25, -0.2) is 10.4 Å². The second kappa shape index (κ2) is 4.09. The molecule has 17 heavy (non-hydrogen) atoms. The lowest BCUT2D eigenvalue weighted by Crippen LogP contribution is -2.42. The number of nitrogens with one attached hydrogen (secondary N) is 2. The molecule has 0 saturated carbocycles. The molecule has 1 aliphatic heterocycles. The van der Waals surface area contributed by atoms with Crippen LogP contribution in [-0.4, -0.2) is 22.3 Å². The summed E-state index contributed by atoms with van der Waals surface area (Å²) in [4.78, 5) is 14.7. The van der Waals surface area contributed by atoms with E-state index >= 15 is 0 Å². The maximum atomic E-state index is 12.3. The molecule has 2 heterocycles. The summed E-state index contributed by atoms with van der Waals surface area (Å²) in [6.45, 7) is 0.341. The van der Waals surface area contributed by atoms with Gasteiger partial charge in [0.1, 0.15) is 0 Å². The number of halogens is 3. The molecular weight excluding hydrogens is 239 g/mol. The van der Waals surface area contributed by atoms with E-state index in [1.165, 1.54) is 0 Å². The molecule has 1 aromatic rings. The van der Waals surface area contributed by atoms with Crippen LogP contribution in [0, 0.1) is 0 Å². The van der Waals surface area contributed by atoms with E-state index in [-0.39, 0.29) is 0 Å². The average molecular weight is 249 g/mol. The van der Waals surface area contributed by atoms with Crippen LogP contribution >= 0.6 is 0 Å². The van der Waals surface area contributed by atoms with Crippen LogP contribution in [0.2, 0.25) is 0 Å². The molecule has 4 N–H and O–H groups in total. The minimum absolute atomic E-state index is 0.341. The number of nitrogens with zero attached hydrogens (tertiary/aromatic N) is 2. The largest absolute Gasteiger partial charge is 0.433 e. The van der Waals surface area contributed by atoms with E-state index in [1.54, 1.807) is 0 Å². The third-order valence-electron chi connectivity index (χ3n) is 2.48. The Hall–Kier alpha value is -1.45. The Bertz CT molecular complexity index is 471. The highest BCUT2D eigenvalue weighted by molar-refractivity contribution is 5.05. The quantitative estimate of drug-likeness (QED) is 0.606. The summed E-state index contributed by atoms with van der Waals surface area (Å²) in [5.41, 5.74) is 9.00. The third-order valence-corrected chi connectivity index (χ3v) is 2.48. The van der Waals surface area contributed by atoms with Crippen molar-refractivity contribution in [3.8, 4) is 0 Å². The van der Waals surface area contributed by atoms with Crippen LogP contribution in [0.15, 0.2) is 17.2 Å². The summed E-state index contributed by atoms with van der Waals surface area (Å²) in [7, 11) is 0. The second-order valence-electron chi connectivity index (χ2n) is 3.64. The van der Waals surface area contributed by atoms with Crippen LogP contribution in [0.1, 0.15) is 11.7 Å². The molecule has 9 heteroatoms. The van der Waals surface area contributed by atoms with Gasteiger partial charge in [-0.15, -0.1) is 0 Å².